The summed E-state index contributed by atoms with van der Waals surface area (Å²) in [6, 6.07) is 3.14. The lowest BCUT2D eigenvalue weighted by atomic mass is 9.89. The highest BCUT2D eigenvalue weighted by atomic mass is 32.2. The second kappa shape index (κ2) is 15.1. The van der Waals surface area contributed by atoms with Gasteiger partial charge in [0.15, 0.2) is 0 Å². The van der Waals surface area contributed by atoms with Crippen LogP contribution in [-0.4, -0.2) is 73.6 Å². The Kier molecular flexibility index (Phi) is 12.2. The predicted molar refractivity (Wildman–Crippen MR) is 164 cm³/mol. The topological polar surface area (TPSA) is 145 Å². The zero-order chi connectivity index (χ0) is 30.0. The normalized spacial score (nSPS) is 17.1. The monoisotopic (exact) mass is 591 g/mol. The van der Waals surface area contributed by atoms with Gasteiger partial charge in [-0.3, -0.25) is 14.7 Å². The van der Waals surface area contributed by atoms with Crippen LogP contribution >= 0.6 is 0 Å². The third-order valence-electron chi connectivity index (χ3n) is 8.55. The zero-order valence-corrected chi connectivity index (χ0v) is 25.9. The fourth-order valence-corrected chi connectivity index (χ4v) is 7.32. The molecule has 0 atom stereocenters. The number of carbonyl (C=O) groups excluding carboxylic acids is 2. The van der Waals surface area contributed by atoms with E-state index in [4.69, 9.17) is 15.8 Å². The van der Waals surface area contributed by atoms with E-state index in [0.29, 0.717) is 24.9 Å². The average molecular weight is 592 g/mol. The first-order chi connectivity index (χ1) is 19.5. The third-order valence-corrected chi connectivity index (χ3v) is 10.4. The molecular formula is C30H49N5O5S. The Bertz CT molecular complexity index is 1170. The van der Waals surface area contributed by atoms with Gasteiger partial charge in [-0.1, -0.05) is 44.9 Å². The molecule has 230 valence electrons. The molecule has 0 aromatic heterocycles. The molecule has 10 nitrogen and oxygen atoms in total. The fourth-order valence-electron chi connectivity index (χ4n) is 5.86. The van der Waals surface area contributed by atoms with Crippen LogP contribution in [0.3, 0.4) is 0 Å². The number of hydrogen-bond acceptors (Lipinski definition) is 6. The van der Waals surface area contributed by atoms with Crippen molar-refractivity contribution in [3.63, 3.8) is 0 Å². The maximum Gasteiger partial charge on any atom is 0.318 e. The van der Waals surface area contributed by atoms with E-state index < -0.39 is 21.6 Å². The van der Waals surface area contributed by atoms with Gasteiger partial charge in [0.25, 0.3) is 5.91 Å². The summed E-state index contributed by atoms with van der Waals surface area (Å²) in [4.78, 5) is 30.5. The van der Waals surface area contributed by atoms with Crippen LogP contribution in [0.2, 0.25) is 0 Å². The fraction of sp³-hybridized carbons (Fsp3) is 0.700. The van der Waals surface area contributed by atoms with Gasteiger partial charge in [-0.25, -0.2) is 17.5 Å². The van der Waals surface area contributed by atoms with Crippen molar-refractivity contribution in [3.05, 3.63) is 28.8 Å². The number of nitrogens with zero attached hydrogens (tertiary/aromatic N) is 3. The number of carbonyl (C=O) groups is 2. The number of sulfonamides is 1. The third kappa shape index (κ3) is 8.99. The lowest BCUT2D eigenvalue weighted by molar-refractivity contribution is -0.124. The van der Waals surface area contributed by atoms with Gasteiger partial charge in [0.2, 0.25) is 10.0 Å². The number of benzene rings is 1. The Hall–Kier alpha value is -2.50. The van der Waals surface area contributed by atoms with Gasteiger partial charge in [0.05, 0.1) is 5.75 Å². The molecule has 11 heteroatoms. The van der Waals surface area contributed by atoms with E-state index in [0.717, 1.165) is 54.6 Å². The number of aliphatic hydroxyl groups excluding tert-OH is 1. The molecule has 1 aromatic rings. The number of amides is 3. The van der Waals surface area contributed by atoms with Gasteiger partial charge < -0.3 is 16.2 Å². The Morgan fingerprint density at radius 3 is 2.07 bits per heavy atom. The van der Waals surface area contributed by atoms with Crippen molar-refractivity contribution in [1.82, 2.24) is 9.62 Å². The van der Waals surface area contributed by atoms with Crippen LogP contribution in [0.5, 0.6) is 0 Å². The molecule has 2 aliphatic rings. The molecule has 1 spiro atoms. The molecule has 0 aliphatic carbocycles. The molecule has 2 aliphatic heterocycles. The molecule has 0 saturated carbocycles. The summed E-state index contributed by atoms with van der Waals surface area (Å²) < 4.78 is 27.9. The summed E-state index contributed by atoms with van der Waals surface area (Å²) in [7, 11) is -1.90. The van der Waals surface area contributed by atoms with E-state index in [9.17, 15) is 18.0 Å². The van der Waals surface area contributed by atoms with Gasteiger partial charge in [-0.15, -0.1) is 0 Å². The number of hydrogen-bond donors (Lipinski definition) is 3. The van der Waals surface area contributed by atoms with E-state index in [1.165, 1.54) is 41.3 Å². The number of aliphatic hydroxyl groups is 1. The summed E-state index contributed by atoms with van der Waals surface area (Å²) in [6.07, 6.45) is 12.0. The average Bonchev–Trinajstić information content (AvgIpc) is 3.22. The number of primary amides is 1. The largest absolute Gasteiger partial charge is 0.396 e. The number of nitrogens with one attached hydrogen (secondary N) is 1. The van der Waals surface area contributed by atoms with Crippen molar-refractivity contribution in [2.45, 2.75) is 103 Å². The number of aryl methyl sites for hydroxylation is 2. The van der Waals surface area contributed by atoms with Crippen LogP contribution in [0.15, 0.2) is 17.1 Å². The van der Waals surface area contributed by atoms with Crippen LogP contribution in [0.4, 0.5) is 10.5 Å². The molecule has 1 fully saturated rings. The van der Waals surface area contributed by atoms with Gasteiger partial charge >= 0.3 is 6.03 Å². The minimum atomic E-state index is -3.51. The summed E-state index contributed by atoms with van der Waals surface area (Å²) >= 11 is 0. The van der Waals surface area contributed by atoms with Gasteiger partial charge in [-0.05, 0) is 74.8 Å². The second-order valence-corrected chi connectivity index (χ2v) is 13.7. The predicted octanol–water partition coefficient (Wildman–Crippen LogP) is 3.95. The quantitative estimate of drug-likeness (QED) is 0.249. The van der Waals surface area contributed by atoms with Crippen LogP contribution in [-0.2, 0) is 21.2 Å². The molecule has 2 heterocycles. The van der Waals surface area contributed by atoms with E-state index in [2.05, 4.69) is 5.32 Å². The van der Waals surface area contributed by atoms with Crippen LogP contribution in [0, 0.1) is 13.8 Å². The second-order valence-electron chi connectivity index (χ2n) is 11.6. The molecule has 41 heavy (non-hydrogen) atoms. The summed E-state index contributed by atoms with van der Waals surface area (Å²) in [5.41, 5.74) is 8.00. The number of aliphatic imine (C=N–C) groups is 1. The van der Waals surface area contributed by atoms with Crippen LogP contribution in [0.25, 0.3) is 0 Å². The number of unbranched alkanes of at least 4 members (excludes halogenated alkanes) is 8. The summed E-state index contributed by atoms with van der Waals surface area (Å²) in [5, 5.41) is 11.8. The van der Waals surface area contributed by atoms with Crippen molar-refractivity contribution in [1.29, 1.82) is 0 Å². The molecule has 1 saturated heterocycles. The van der Waals surface area contributed by atoms with Crippen molar-refractivity contribution in [3.8, 4) is 0 Å². The molecule has 1 aromatic carbocycles. The smallest absolute Gasteiger partial charge is 0.318 e. The molecule has 3 amide bonds. The Balaban J connectivity index is 1.45. The number of anilines is 1. The zero-order valence-electron chi connectivity index (χ0n) is 25.1. The Labute approximate surface area is 245 Å². The summed E-state index contributed by atoms with van der Waals surface area (Å²) in [5.74, 6) is 0.627. The first-order valence-electron chi connectivity index (χ1n) is 15.1. The lowest BCUT2D eigenvalue weighted by Crippen LogP contribution is -2.50. The number of piperidine rings is 1. The first kappa shape index (κ1) is 33.0. The molecule has 3 rings (SSSR count). The van der Waals surface area contributed by atoms with Gasteiger partial charge in [-0.2, -0.15) is 0 Å². The number of amidine groups is 1. The number of rotatable bonds is 16. The van der Waals surface area contributed by atoms with E-state index >= 15 is 0 Å². The minimum absolute atomic E-state index is 0.0178. The van der Waals surface area contributed by atoms with Gasteiger partial charge in [0.1, 0.15) is 11.4 Å². The molecular weight excluding hydrogens is 542 g/mol. The van der Waals surface area contributed by atoms with Crippen LogP contribution < -0.4 is 16.0 Å². The highest BCUT2D eigenvalue weighted by molar-refractivity contribution is 7.89. The molecule has 0 unspecified atom stereocenters. The van der Waals surface area contributed by atoms with Crippen molar-refractivity contribution < 1.29 is 23.1 Å². The Morgan fingerprint density at radius 1 is 1.00 bits per heavy atom. The lowest BCUT2D eigenvalue weighted by Gasteiger charge is -2.34. The standard InChI is InChI=1S/C30H49N5O5S/c1-23-21-25(34(3)29(31)38)22-24(2)26(23)14-20-41(39,40)35-17-15-30(16-18-35)28(37)32-27(33-30)13-11-9-7-5-4-6-8-10-12-19-36/h21-22,36H,4-20H2,1-3H3,(H2,31,38)(H,32,33,37). The van der Waals surface area contributed by atoms with Gasteiger partial charge in [0, 0.05) is 38.9 Å². The highest BCUT2D eigenvalue weighted by Crippen LogP contribution is 2.32. The van der Waals surface area contributed by atoms with E-state index in [1.807, 2.05) is 26.0 Å². The van der Waals surface area contributed by atoms with E-state index in [1.54, 1.807) is 7.05 Å². The number of urea groups is 1. The van der Waals surface area contributed by atoms with E-state index in [-0.39, 0.29) is 31.4 Å². The van der Waals surface area contributed by atoms with Crippen molar-refractivity contribution >= 4 is 33.5 Å². The van der Waals surface area contributed by atoms with Crippen molar-refractivity contribution in [2.75, 3.05) is 37.4 Å². The van der Waals surface area contributed by atoms with Crippen LogP contribution in [0.1, 0.15) is 93.7 Å². The highest BCUT2D eigenvalue weighted by Gasteiger charge is 2.47. The maximum absolute atomic E-state index is 13.2. The molecule has 0 radical (unpaired) electrons. The molecule has 0 bridgehead atoms. The Morgan fingerprint density at radius 2 is 1.54 bits per heavy atom. The SMILES string of the molecule is Cc1cc(N(C)C(N)=O)cc(C)c1CCS(=O)(=O)N1CCC2(CC1)N=C(CCCCCCCCCCCO)NC2=O. The summed E-state index contributed by atoms with van der Waals surface area (Å²) in [6.45, 7) is 4.68. The first-order valence-corrected chi connectivity index (χ1v) is 16.7. The van der Waals surface area contributed by atoms with Crippen molar-refractivity contribution in [2.24, 2.45) is 10.7 Å². The number of nitrogens with two attached hydrogens (primary N) is 1. The minimum Gasteiger partial charge on any atom is -0.396 e. The molecule has 4 N–H and O–H groups in total. The maximum atomic E-state index is 13.2.